The van der Waals surface area contributed by atoms with Crippen molar-refractivity contribution in [3.8, 4) is 5.75 Å². The quantitative estimate of drug-likeness (QED) is 0.560. The summed E-state index contributed by atoms with van der Waals surface area (Å²) in [7, 11) is 6.21. The van der Waals surface area contributed by atoms with Crippen molar-refractivity contribution in [2.24, 2.45) is 0 Å². The molecule has 2 nitrogen and oxygen atoms in total. The van der Waals surface area contributed by atoms with Crippen molar-refractivity contribution in [3.05, 3.63) is 28.8 Å². The monoisotopic (exact) mass is 327 g/mol. The first-order valence-corrected chi connectivity index (χ1v) is 4.54. The van der Waals surface area contributed by atoms with Crippen LogP contribution in [-0.4, -0.2) is 30.7 Å². The maximum atomic E-state index is 9.53. The van der Waals surface area contributed by atoms with Gasteiger partial charge in [-0.1, -0.05) is 11.6 Å². The maximum Gasteiger partial charge on any atom is 0.124 e. The fourth-order valence-corrected chi connectivity index (χ4v) is 1.39. The highest BCUT2D eigenvalue weighted by molar-refractivity contribution is 6.30. The van der Waals surface area contributed by atoms with Gasteiger partial charge in [-0.15, -0.1) is 0 Å². The van der Waals surface area contributed by atoms with Crippen LogP contribution in [0.4, 0.5) is 0 Å². The van der Waals surface area contributed by atoms with Gasteiger partial charge < -0.3 is 33.6 Å². The fraction of sp³-hybridized carbons (Fsp3) is 0.400. The van der Waals surface area contributed by atoms with Gasteiger partial charge in [0.15, 0.2) is 0 Å². The summed E-state index contributed by atoms with van der Waals surface area (Å²) in [5, 5.41) is 10.2. The largest absolute Gasteiger partial charge is 1.00 e. The van der Waals surface area contributed by atoms with Crippen molar-refractivity contribution in [3.63, 3.8) is 0 Å². The third-order valence-corrected chi connectivity index (χ3v) is 1.92. The van der Waals surface area contributed by atoms with Gasteiger partial charge in [-0.25, -0.2) is 0 Å². The second kappa shape index (κ2) is 5.19. The van der Waals surface area contributed by atoms with E-state index in [4.69, 9.17) is 11.6 Å². The first kappa shape index (κ1) is 14.0. The number of halogens is 2. The van der Waals surface area contributed by atoms with Crippen LogP contribution in [0, 0.1) is 0 Å². The zero-order chi connectivity index (χ0) is 10.1. The molecule has 0 unspecified atom stereocenters. The number of phenols is 1. The number of hydrogen-bond donors (Lipinski definition) is 1. The Kier molecular flexibility index (Phi) is 5.19. The van der Waals surface area contributed by atoms with Crippen LogP contribution >= 0.6 is 11.6 Å². The summed E-state index contributed by atoms with van der Waals surface area (Å²) in [6.07, 6.45) is 0. The van der Waals surface area contributed by atoms with Gasteiger partial charge >= 0.3 is 0 Å². The van der Waals surface area contributed by atoms with Crippen LogP contribution in [0.25, 0.3) is 0 Å². The molecular weight excluding hydrogens is 312 g/mol. The molecule has 0 amide bonds. The van der Waals surface area contributed by atoms with Gasteiger partial charge in [0.05, 0.1) is 21.1 Å². The normalized spacial score (nSPS) is 10.9. The summed E-state index contributed by atoms with van der Waals surface area (Å²) >= 11 is 5.83. The van der Waals surface area contributed by atoms with Gasteiger partial charge in [0.25, 0.3) is 0 Å². The van der Waals surface area contributed by atoms with Crippen LogP contribution < -0.4 is 24.0 Å². The molecule has 1 aromatic rings. The lowest BCUT2D eigenvalue weighted by molar-refractivity contribution is -0.884. The number of quaternary nitrogens is 1. The Bertz CT molecular complexity index is 309. The summed E-state index contributed by atoms with van der Waals surface area (Å²) in [5.41, 5.74) is 0.889. The van der Waals surface area contributed by atoms with Crippen LogP contribution in [0.1, 0.15) is 5.56 Å². The van der Waals surface area contributed by atoms with E-state index in [0.717, 1.165) is 16.6 Å². The van der Waals surface area contributed by atoms with Crippen LogP contribution in [0.3, 0.4) is 0 Å². The van der Waals surface area contributed by atoms with Crippen LogP contribution in [-0.2, 0) is 6.54 Å². The van der Waals surface area contributed by atoms with Crippen molar-refractivity contribution >= 4 is 11.6 Å². The molecule has 0 saturated carbocycles. The Morgan fingerprint density at radius 3 is 2.36 bits per heavy atom. The highest BCUT2D eigenvalue weighted by Crippen LogP contribution is 2.23. The Morgan fingerprint density at radius 1 is 1.29 bits per heavy atom. The molecule has 0 aliphatic heterocycles. The molecule has 0 fully saturated rings. The number of hydrogen-bond acceptors (Lipinski definition) is 1. The molecule has 14 heavy (non-hydrogen) atoms. The van der Waals surface area contributed by atoms with Crippen molar-refractivity contribution in [1.29, 1.82) is 0 Å². The number of phenolic OH excluding ortho intramolecular Hbond substituents is 1. The lowest BCUT2D eigenvalue weighted by Gasteiger charge is -2.24. The lowest BCUT2D eigenvalue weighted by atomic mass is 10.2. The highest BCUT2D eigenvalue weighted by atomic mass is 127. The number of aromatic hydroxyl groups is 1. The molecule has 0 bridgehead atoms. The number of benzene rings is 1. The van der Waals surface area contributed by atoms with Crippen molar-refractivity contribution < 1.29 is 33.6 Å². The molecule has 0 aliphatic carbocycles. The number of nitrogens with zero attached hydrogens (tertiary/aromatic N) is 1. The minimum absolute atomic E-state index is 0. The minimum Gasteiger partial charge on any atom is -1.00 e. The van der Waals surface area contributed by atoms with Crippen LogP contribution in [0.2, 0.25) is 5.02 Å². The van der Waals surface area contributed by atoms with E-state index in [-0.39, 0.29) is 24.0 Å². The smallest absolute Gasteiger partial charge is 0.124 e. The van der Waals surface area contributed by atoms with Crippen molar-refractivity contribution in [2.45, 2.75) is 6.54 Å². The third kappa shape index (κ3) is 4.48. The van der Waals surface area contributed by atoms with E-state index in [2.05, 4.69) is 21.1 Å². The van der Waals surface area contributed by atoms with E-state index in [1.807, 2.05) is 0 Å². The van der Waals surface area contributed by atoms with Gasteiger partial charge in [0.1, 0.15) is 12.3 Å². The Morgan fingerprint density at radius 2 is 1.86 bits per heavy atom. The zero-order valence-electron chi connectivity index (χ0n) is 8.59. The lowest BCUT2D eigenvalue weighted by Crippen LogP contribution is -3.00. The standard InChI is InChI=1S/C10H14ClNO.HI/c1-12(2,3)7-8-6-9(11)4-5-10(8)13;/h4-6H,7H2,1-3H3;1H. The average molecular weight is 328 g/mol. The Balaban J connectivity index is 0.00000169. The van der Waals surface area contributed by atoms with E-state index < -0.39 is 0 Å². The molecule has 1 aromatic carbocycles. The zero-order valence-corrected chi connectivity index (χ0v) is 11.5. The van der Waals surface area contributed by atoms with Gasteiger partial charge in [0, 0.05) is 10.6 Å². The van der Waals surface area contributed by atoms with E-state index >= 15 is 0 Å². The third-order valence-electron chi connectivity index (χ3n) is 1.69. The summed E-state index contributed by atoms with van der Waals surface area (Å²) in [6.45, 7) is 0.770. The first-order valence-electron chi connectivity index (χ1n) is 4.16. The maximum absolute atomic E-state index is 9.53. The van der Waals surface area contributed by atoms with E-state index in [0.29, 0.717) is 10.8 Å². The molecule has 4 heteroatoms. The van der Waals surface area contributed by atoms with Crippen molar-refractivity contribution in [1.82, 2.24) is 0 Å². The van der Waals surface area contributed by atoms with Crippen molar-refractivity contribution in [2.75, 3.05) is 21.1 Å². The molecule has 1 N–H and O–H groups in total. The van der Waals surface area contributed by atoms with Crippen LogP contribution in [0.5, 0.6) is 5.75 Å². The molecule has 0 heterocycles. The summed E-state index contributed by atoms with van der Waals surface area (Å²) < 4.78 is 0.772. The summed E-state index contributed by atoms with van der Waals surface area (Å²) in [4.78, 5) is 0. The molecule has 0 radical (unpaired) electrons. The second-order valence-corrected chi connectivity index (χ2v) is 4.66. The highest BCUT2D eigenvalue weighted by Gasteiger charge is 2.12. The predicted molar refractivity (Wildman–Crippen MR) is 54.9 cm³/mol. The molecule has 80 valence electrons. The average Bonchev–Trinajstić information content (AvgIpc) is 1.94. The van der Waals surface area contributed by atoms with E-state index in [9.17, 15) is 5.11 Å². The van der Waals surface area contributed by atoms with Crippen LogP contribution in [0.15, 0.2) is 18.2 Å². The second-order valence-electron chi connectivity index (χ2n) is 4.22. The topological polar surface area (TPSA) is 20.2 Å². The molecule has 1 rings (SSSR count). The fourth-order valence-electron chi connectivity index (χ4n) is 1.19. The summed E-state index contributed by atoms with van der Waals surface area (Å²) in [6, 6.07) is 5.13. The van der Waals surface area contributed by atoms with Gasteiger partial charge in [-0.3, -0.25) is 0 Å². The molecule has 0 atom stereocenters. The summed E-state index contributed by atoms with van der Waals surface area (Å²) in [5.74, 6) is 0.317. The van der Waals surface area contributed by atoms with Gasteiger partial charge in [-0.2, -0.15) is 0 Å². The Labute approximate surface area is 107 Å². The molecule has 0 aromatic heterocycles. The Hall–Kier alpha value is 0. The van der Waals surface area contributed by atoms with E-state index in [1.54, 1.807) is 18.2 Å². The van der Waals surface area contributed by atoms with Gasteiger partial charge in [-0.05, 0) is 18.2 Å². The molecule has 0 spiro atoms. The number of rotatable bonds is 2. The first-order chi connectivity index (χ1) is 5.88. The molecule has 0 saturated heterocycles. The minimum atomic E-state index is 0. The van der Waals surface area contributed by atoms with E-state index in [1.165, 1.54) is 0 Å². The SMILES string of the molecule is C[N+](C)(C)Cc1cc(Cl)ccc1O.[I-]. The molecule has 0 aliphatic rings. The predicted octanol–water partition coefficient (Wildman–Crippen LogP) is -0.744. The van der Waals surface area contributed by atoms with Gasteiger partial charge in [0.2, 0.25) is 0 Å². The molecular formula is C10H15ClINO.